The number of ether oxygens (including phenoxy) is 1. The summed E-state index contributed by atoms with van der Waals surface area (Å²) in [4.78, 5) is 6.60. The normalized spacial score (nSPS) is 11.9. The number of halogens is 1. The van der Waals surface area contributed by atoms with Crippen molar-refractivity contribution in [2.45, 2.75) is 39.3 Å². The monoisotopic (exact) mass is 299 g/mol. The fourth-order valence-electron chi connectivity index (χ4n) is 1.43. The lowest BCUT2D eigenvalue weighted by Gasteiger charge is -2.31. The van der Waals surface area contributed by atoms with E-state index in [1.807, 2.05) is 26.2 Å². The van der Waals surface area contributed by atoms with Crippen molar-refractivity contribution < 1.29 is 4.74 Å². The summed E-state index contributed by atoms with van der Waals surface area (Å²) in [5.41, 5.74) is 0.794. The smallest absolute Gasteiger partial charge is 0.213 e. The molecule has 114 valence electrons. The summed E-state index contributed by atoms with van der Waals surface area (Å²) in [5.74, 6) is 0.623. The van der Waals surface area contributed by atoms with E-state index in [1.165, 1.54) is 0 Å². The van der Waals surface area contributed by atoms with Crippen LogP contribution in [0.5, 0.6) is 5.88 Å². The molecule has 0 aliphatic heterocycles. The molecule has 1 rings (SSSR count). The van der Waals surface area contributed by atoms with E-state index in [0.29, 0.717) is 24.1 Å². The highest BCUT2D eigenvalue weighted by molar-refractivity contribution is 6.31. The quantitative estimate of drug-likeness (QED) is 0.749. The largest absolute Gasteiger partial charge is 0.476 e. The molecule has 0 saturated heterocycles. The lowest BCUT2D eigenvalue weighted by atomic mass is 10.1. The Morgan fingerprint density at radius 1 is 1.35 bits per heavy atom. The number of pyridine rings is 1. The minimum absolute atomic E-state index is 0.0397. The molecule has 0 aliphatic rings. The van der Waals surface area contributed by atoms with E-state index >= 15 is 0 Å². The van der Waals surface area contributed by atoms with E-state index in [1.54, 1.807) is 0 Å². The van der Waals surface area contributed by atoms with Gasteiger partial charge in [0.2, 0.25) is 5.88 Å². The van der Waals surface area contributed by atoms with Crippen LogP contribution in [0.4, 0.5) is 0 Å². The van der Waals surface area contributed by atoms with Gasteiger partial charge >= 0.3 is 0 Å². The lowest BCUT2D eigenvalue weighted by molar-refractivity contribution is 0.111. The Hall–Kier alpha value is -0.840. The van der Waals surface area contributed by atoms with Gasteiger partial charge in [-0.1, -0.05) is 18.5 Å². The minimum atomic E-state index is -0.0397. The summed E-state index contributed by atoms with van der Waals surface area (Å²) < 4.78 is 5.79. The molecule has 1 aromatic rings. The van der Waals surface area contributed by atoms with Crippen molar-refractivity contribution in [2.75, 3.05) is 27.2 Å². The molecule has 0 aromatic carbocycles. The van der Waals surface area contributed by atoms with Crippen LogP contribution < -0.4 is 10.1 Å². The molecule has 0 amide bonds. The molecule has 5 heteroatoms. The predicted molar refractivity (Wildman–Crippen MR) is 84.5 cm³/mol. The van der Waals surface area contributed by atoms with Gasteiger partial charge in [-0.2, -0.15) is 0 Å². The van der Waals surface area contributed by atoms with Gasteiger partial charge in [-0.15, -0.1) is 0 Å². The van der Waals surface area contributed by atoms with Crippen LogP contribution in [0.15, 0.2) is 12.1 Å². The number of nitrogens with zero attached hydrogens (tertiary/aromatic N) is 2. The molecule has 1 aromatic heterocycles. The molecule has 20 heavy (non-hydrogen) atoms. The summed E-state index contributed by atoms with van der Waals surface area (Å²) >= 11 is 6.15. The van der Waals surface area contributed by atoms with Gasteiger partial charge in [-0.3, -0.25) is 0 Å². The topological polar surface area (TPSA) is 37.4 Å². The van der Waals surface area contributed by atoms with E-state index in [9.17, 15) is 0 Å². The first-order valence-corrected chi connectivity index (χ1v) is 7.41. The third kappa shape index (κ3) is 5.27. The van der Waals surface area contributed by atoms with E-state index in [-0.39, 0.29) is 5.54 Å². The van der Waals surface area contributed by atoms with Gasteiger partial charge in [0.15, 0.2) is 0 Å². The second kappa shape index (κ2) is 7.81. The maximum Gasteiger partial charge on any atom is 0.213 e. The third-order valence-electron chi connectivity index (χ3n) is 3.40. The minimum Gasteiger partial charge on any atom is -0.476 e. The van der Waals surface area contributed by atoms with Gasteiger partial charge < -0.3 is 15.0 Å². The average molecular weight is 300 g/mol. The summed E-state index contributed by atoms with van der Waals surface area (Å²) in [5, 5.41) is 3.97. The molecule has 0 unspecified atom stereocenters. The van der Waals surface area contributed by atoms with E-state index in [0.717, 1.165) is 18.7 Å². The second-order valence-electron chi connectivity index (χ2n) is 5.75. The molecule has 1 heterocycles. The Balaban J connectivity index is 2.65. The second-order valence-corrected chi connectivity index (χ2v) is 6.16. The molecular formula is C15H26ClN3O. The van der Waals surface area contributed by atoms with Crippen LogP contribution in [0.3, 0.4) is 0 Å². The van der Waals surface area contributed by atoms with Crippen molar-refractivity contribution in [3.05, 3.63) is 22.8 Å². The standard InChI is InChI=1S/C15H26ClN3O/c1-6-9-17-10-13-12(16)7-8-14(18-13)20-11-15(2,3)19(4)5/h7-8,17H,6,9-11H2,1-5H3. The summed E-state index contributed by atoms with van der Waals surface area (Å²) in [6.07, 6.45) is 1.09. The summed E-state index contributed by atoms with van der Waals surface area (Å²) in [6.45, 7) is 8.60. The maximum atomic E-state index is 6.15. The van der Waals surface area contributed by atoms with Crippen LogP contribution in [0.25, 0.3) is 0 Å². The molecule has 1 N–H and O–H groups in total. The highest BCUT2D eigenvalue weighted by atomic mass is 35.5. The highest BCUT2D eigenvalue weighted by Gasteiger charge is 2.21. The van der Waals surface area contributed by atoms with Crippen LogP contribution in [0, 0.1) is 0 Å². The van der Waals surface area contributed by atoms with Crippen LogP contribution in [-0.4, -0.2) is 42.7 Å². The molecule has 0 radical (unpaired) electrons. The number of aromatic nitrogens is 1. The van der Waals surface area contributed by atoms with Gasteiger partial charge in [-0.25, -0.2) is 4.98 Å². The van der Waals surface area contributed by atoms with Crippen molar-refractivity contribution in [3.8, 4) is 5.88 Å². The molecule has 0 spiro atoms. The van der Waals surface area contributed by atoms with Crippen LogP contribution in [0.1, 0.15) is 32.9 Å². The zero-order valence-corrected chi connectivity index (χ0v) is 13.9. The first-order valence-electron chi connectivity index (χ1n) is 7.03. The lowest BCUT2D eigenvalue weighted by Crippen LogP contribution is -2.43. The first kappa shape index (κ1) is 17.2. The van der Waals surface area contributed by atoms with Crippen molar-refractivity contribution in [2.24, 2.45) is 0 Å². The van der Waals surface area contributed by atoms with Crippen LogP contribution in [-0.2, 0) is 6.54 Å². The highest BCUT2D eigenvalue weighted by Crippen LogP contribution is 2.19. The Bertz CT molecular complexity index is 422. The number of hydrogen-bond acceptors (Lipinski definition) is 4. The maximum absolute atomic E-state index is 6.15. The number of hydrogen-bond donors (Lipinski definition) is 1. The Morgan fingerprint density at radius 3 is 2.65 bits per heavy atom. The third-order valence-corrected chi connectivity index (χ3v) is 3.74. The van der Waals surface area contributed by atoms with Gasteiger partial charge in [0.1, 0.15) is 6.61 Å². The van der Waals surface area contributed by atoms with E-state index in [4.69, 9.17) is 16.3 Å². The van der Waals surface area contributed by atoms with Crippen LogP contribution >= 0.6 is 11.6 Å². The molecule has 0 aliphatic carbocycles. The molecule has 4 nitrogen and oxygen atoms in total. The molecule has 0 saturated carbocycles. The van der Waals surface area contributed by atoms with Crippen molar-refractivity contribution in [1.29, 1.82) is 0 Å². The SMILES string of the molecule is CCCNCc1nc(OCC(C)(C)N(C)C)ccc1Cl. The molecular weight excluding hydrogens is 274 g/mol. The fraction of sp³-hybridized carbons (Fsp3) is 0.667. The van der Waals surface area contributed by atoms with E-state index < -0.39 is 0 Å². The van der Waals surface area contributed by atoms with Crippen molar-refractivity contribution in [3.63, 3.8) is 0 Å². The zero-order valence-electron chi connectivity index (χ0n) is 13.2. The van der Waals surface area contributed by atoms with Gasteiger partial charge in [0.05, 0.1) is 10.7 Å². The van der Waals surface area contributed by atoms with Gasteiger partial charge in [0.25, 0.3) is 0 Å². The number of nitrogens with one attached hydrogen (secondary N) is 1. The Morgan fingerprint density at radius 2 is 2.05 bits per heavy atom. The number of rotatable bonds is 8. The van der Waals surface area contributed by atoms with Gasteiger partial charge in [0, 0.05) is 18.2 Å². The van der Waals surface area contributed by atoms with E-state index in [2.05, 4.69) is 36.0 Å². The summed E-state index contributed by atoms with van der Waals surface area (Å²) in [7, 11) is 4.08. The molecule has 0 fully saturated rings. The van der Waals surface area contributed by atoms with Gasteiger partial charge in [-0.05, 0) is 47.0 Å². The molecule has 0 atom stereocenters. The first-order chi connectivity index (χ1) is 9.36. The zero-order chi connectivity index (χ0) is 15.2. The van der Waals surface area contributed by atoms with Crippen LogP contribution in [0.2, 0.25) is 5.02 Å². The number of likely N-dealkylation sites (N-methyl/N-ethyl adjacent to an activating group) is 1. The van der Waals surface area contributed by atoms with Crippen molar-refractivity contribution >= 4 is 11.6 Å². The predicted octanol–water partition coefficient (Wildman–Crippen LogP) is 2.95. The summed E-state index contributed by atoms with van der Waals surface area (Å²) in [6, 6.07) is 3.66. The fourth-order valence-corrected chi connectivity index (χ4v) is 1.60. The van der Waals surface area contributed by atoms with Crippen molar-refractivity contribution in [1.82, 2.24) is 15.2 Å². The molecule has 0 bridgehead atoms. The Labute approximate surface area is 127 Å². The average Bonchev–Trinajstić information content (AvgIpc) is 2.39. The Kier molecular flexibility index (Phi) is 6.72.